The Bertz CT molecular complexity index is 574. The summed E-state index contributed by atoms with van der Waals surface area (Å²) >= 11 is 0. The minimum absolute atomic E-state index is 0.0554. The summed E-state index contributed by atoms with van der Waals surface area (Å²) in [7, 11) is -3.43. The van der Waals surface area contributed by atoms with Crippen LogP contribution >= 0.6 is 0 Å². The van der Waals surface area contributed by atoms with E-state index < -0.39 is 15.8 Å². The number of carboxylic acid groups (broad SMARTS) is 1. The molecule has 1 saturated heterocycles. The lowest BCUT2D eigenvalue weighted by Gasteiger charge is -2.22. The Morgan fingerprint density at radius 3 is 2.39 bits per heavy atom. The largest absolute Gasteiger partial charge is 0.478 e. The van der Waals surface area contributed by atoms with E-state index in [4.69, 9.17) is 0 Å². The minimum atomic E-state index is -3.43. The number of carbonyl (C=O) groups is 1. The van der Waals surface area contributed by atoms with Crippen molar-refractivity contribution in [1.82, 2.24) is 0 Å². The van der Waals surface area contributed by atoms with Crippen LogP contribution in [0, 0.1) is 0 Å². The molecule has 1 fully saturated rings. The van der Waals surface area contributed by atoms with E-state index in [1.807, 2.05) is 4.90 Å². The number of para-hydroxylation sites is 1. The van der Waals surface area contributed by atoms with Crippen LogP contribution < -0.4 is 4.90 Å². The second-order valence-corrected chi connectivity index (χ2v) is 6.41. The Kier molecular flexibility index (Phi) is 3.30. The molecule has 0 unspecified atom stereocenters. The van der Waals surface area contributed by atoms with Crippen molar-refractivity contribution < 1.29 is 18.3 Å². The van der Waals surface area contributed by atoms with Crippen molar-refractivity contribution >= 4 is 21.5 Å². The van der Waals surface area contributed by atoms with Crippen molar-refractivity contribution in [3.63, 3.8) is 0 Å². The van der Waals surface area contributed by atoms with Crippen molar-refractivity contribution in [2.24, 2.45) is 0 Å². The number of hydrogen-bond donors (Lipinski definition) is 1. The summed E-state index contributed by atoms with van der Waals surface area (Å²) in [6.45, 7) is 1.40. The van der Waals surface area contributed by atoms with Crippen LogP contribution in [0.5, 0.6) is 0 Å². The van der Waals surface area contributed by atoms with Gasteiger partial charge in [0.2, 0.25) is 0 Å². The zero-order chi connectivity index (χ0) is 13.3. The maximum atomic E-state index is 11.8. The molecule has 1 N–H and O–H groups in total. The van der Waals surface area contributed by atoms with Gasteiger partial charge in [0.05, 0.1) is 16.1 Å². The summed E-state index contributed by atoms with van der Waals surface area (Å²) in [5.74, 6) is -1.09. The maximum Gasteiger partial charge on any atom is 0.337 e. The van der Waals surface area contributed by atoms with Crippen LogP contribution in [0.15, 0.2) is 23.1 Å². The molecular formula is C12H15NO4S. The Labute approximate surface area is 106 Å². The van der Waals surface area contributed by atoms with Crippen molar-refractivity contribution in [2.45, 2.75) is 17.7 Å². The van der Waals surface area contributed by atoms with Gasteiger partial charge in [0.1, 0.15) is 0 Å². The van der Waals surface area contributed by atoms with Crippen LogP contribution in [0.25, 0.3) is 0 Å². The van der Waals surface area contributed by atoms with Crippen LogP contribution in [0.4, 0.5) is 5.69 Å². The number of anilines is 1. The smallest absolute Gasteiger partial charge is 0.337 e. The van der Waals surface area contributed by atoms with Crippen LogP contribution in [-0.2, 0) is 9.84 Å². The highest BCUT2D eigenvalue weighted by Gasteiger charge is 2.26. The molecule has 1 aromatic rings. The molecule has 1 heterocycles. The Morgan fingerprint density at radius 2 is 1.89 bits per heavy atom. The van der Waals surface area contributed by atoms with Crippen LogP contribution in [-0.4, -0.2) is 38.8 Å². The highest BCUT2D eigenvalue weighted by Crippen LogP contribution is 2.32. The van der Waals surface area contributed by atoms with Crippen LogP contribution in [0.3, 0.4) is 0 Å². The average Bonchev–Trinajstić information content (AvgIpc) is 2.79. The lowest BCUT2D eigenvalue weighted by molar-refractivity contribution is 0.0697. The summed E-state index contributed by atoms with van der Waals surface area (Å²) in [6.07, 6.45) is 3.02. The monoisotopic (exact) mass is 269 g/mol. The lowest BCUT2D eigenvalue weighted by Crippen LogP contribution is -2.23. The number of sulfone groups is 1. The molecule has 1 aromatic carbocycles. The number of hydrogen-bond acceptors (Lipinski definition) is 4. The molecule has 0 radical (unpaired) electrons. The Balaban J connectivity index is 2.67. The second-order valence-electron chi connectivity index (χ2n) is 4.42. The molecule has 0 aromatic heterocycles. The summed E-state index contributed by atoms with van der Waals surface area (Å²) in [5.41, 5.74) is 0.393. The summed E-state index contributed by atoms with van der Waals surface area (Å²) < 4.78 is 23.5. The highest BCUT2D eigenvalue weighted by atomic mass is 32.2. The van der Waals surface area contributed by atoms with Gasteiger partial charge in [-0.05, 0) is 25.0 Å². The third-order valence-corrected chi connectivity index (χ3v) is 4.18. The lowest BCUT2D eigenvalue weighted by atomic mass is 10.1. The van der Waals surface area contributed by atoms with Crippen molar-refractivity contribution in [3.05, 3.63) is 23.8 Å². The van der Waals surface area contributed by atoms with Gasteiger partial charge in [-0.25, -0.2) is 13.2 Å². The zero-order valence-corrected chi connectivity index (χ0v) is 10.9. The number of nitrogens with zero attached hydrogens (tertiary/aromatic N) is 1. The van der Waals surface area contributed by atoms with E-state index in [2.05, 4.69) is 0 Å². The fourth-order valence-corrected chi connectivity index (χ4v) is 3.18. The number of aromatic carboxylic acids is 1. The standard InChI is InChI=1S/C12H15NO4S/c1-18(16,17)10-6-4-5-9(12(14)15)11(10)13-7-2-3-8-13/h4-6H,2-3,7-8H2,1H3,(H,14,15). The first-order valence-electron chi connectivity index (χ1n) is 5.72. The first kappa shape index (κ1) is 12.9. The van der Waals surface area contributed by atoms with Gasteiger partial charge < -0.3 is 10.0 Å². The molecule has 1 aliphatic heterocycles. The Hall–Kier alpha value is -1.56. The van der Waals surface area contributed by atoms with Crippen LogP contribution in [0.1, 0.15) is 23.2 Å². The fraction of sp³-hybridized carbons (Fsp3) is 0.417. The molecule has 0 saturated carbocycles. The number of carboxylic acids is 1. The minimum Gasteiger partial charge on any atom is -0.478 e. The quantitative estimate of drug-likeness (QED) is 0.897. The second kappa shape index (κ2) is 4.61. The van der Waals surface area contributed by atoms with E-state index in [9.17, 15) is 18.3 Å². The van der Waals surface area contributed by atoms with Gasteiger partial charge in [0.15, 0.2) is 9.84 Å². The van der Waals surface area contributed by atoms with Crippen molar-refractivity contribution in [2.75, 3.05) is 24.2 Å². The normalized spacial score (nSPS) is 15.9. The van der Waals surface area contributed by atoms with Gasteiger partial charge in [0.25, 0.3) is 0 Å². The van der Waals surface area contributed by atoms with E-state index >= 15 is 0 Å². The molecule has 2 rings (SSSR count). The Morgan fingerprint density at radius 1 is 1.28 bits per heavy atom. The summed E-state index contributed by atoms with van der Waals surface area (Å²) in [5, 5.41) is 9.19. The third-order valence-electron chi connectivity index (χ3n) is 3.05. The summed E-state index contributed by atoms with van der Waals surface area (Å²) in [4.78, 5) is 13.2. The molecule has 0 atom stereocenters. The van der Waals surface area contributed by atoms with E-state index in [0.29, 0.717) is 18.8 Å². The van der Waals surface area contributed by atoms with Crippen molar-refractivity contribution in [1.29, 1.82) is 0 Å². The first-order chi connectivity index (χ1) is 8.41. The van der Waals surface area contributed by atoms with E-state index in [0.717, 1.165) is 19.1 Å². The molecule has 0 amide bonds. The van der Waals surface area contributed by atoms with E-state index in [1.165, 1.54) is 18.2 Å². The predicted molar refractivity (Wildman–Crippen MR) is 68.0 cm³/mol. The summed E-state index contributed by atoms with van der Waals surface area (Å²) in [6, 6.07) is 4.39. The molecular weight excluding hydrogens is 254 g/mol. The van der Waals surface area contributed by atoms with Crippen LogP contribution in [0.2, 0.25) is 0 Å². The highest BCUT2D eigenvalue weighted by molar-refractivity contribution is 7.90. The third kappa shape index (κ3) is 2.33. The molecule has 18 heavy (non-hydrogen) atoms. The van der Waals surface area contributed by atoms with Gasteiger partial charge in [-0.15, -0.1) is 0 Å². The fourth-order valence-electron chi connectivity index (χ4n) is 2.26. The van der Waals surface area contributed by atoms with Gasteiger partial charge >= 0.3 is 5.97 Å². The molecule has 0 spiro atoms. The van der Waals surface area contributed by atoms with Gasteiger partial charge in [-0.2, -0.15) is 0 Å². The SMILES string of the molecule is CS(=O)(=O)c1cccc(C(=O)O)c1N1CCCC1. The van der Waals surface area contributed by atoms with E-state index in [1.54, 1.807) is 0 Å². The number of benzene rings is 1. The number of rotatable bonds is 3. The van der Waals surface area contributed by atoms with Crippen molar-refractivity contribution in [3.8, 4) is 0 Å². The van der Waals surface area contributed by atoms with E-state index in [-0.39, 0.29) is 10.5 Å². The molecule has 6 heteroatoms. The molecule has 1 aliphatic rings. The predicted octanol–water partition coefficient (Wildman–Crippen LogP) is 1.39. The van der Waals surface area contributed by atoms with Gasteiger partial charge in [0, 0.05) is 19.3 Å². The molecule has 0 bridgehead atoms. The van der Waals surface area contributed by atoms with Gasteiger partial charge in [-0.3, -0.25) is 0 Å². The first-order valence-corrected chi connectivity index (χ1v) is 7.61. The van der Waals surface area contributed by atoms with Gasteiger partial charge in [-0.1, -0.05) is 6.07 Å². The maximum absolute atomic E-state index is 11.8. The zero-order valence-electron chi connectivity index (χ0n) is 10.1. The molecule has 5 nitrogen and oxygen atoms in total. The average molecular weight is 269 g/mol. The molecule has 0 aliphatic carbocycles. The topological polar surface area (TPSA) is 74.7 Å². The molecule has 98 valence electrons.